The molecule has 0 saturated carbocycles. The zero-order valence-corrected chi connectivity index (χ0v) is 9.67. The van der Waals surface area contributed by atoms with E-state index in [1.165, 1.54) is 5.56 Å². The normalized spacial score (nSPS) is 10.2. The maximum absolute atomic E-state index is 10.4. The first-order valence-electron chi connectivity index (χ1n) is 5.46. The number of ether oxygens (including phenoxy) is 1. The Bertz CT molecular complexity index is 488. The predicted octanol–water partition coefficient (Wildman–Crippen LogP) is 2.08. The largest absolute Gasteiger partial charge is 0.492 e. The molecule has 0 saturated heterocycles. The lowest BCUT2D eigenvalue weighted by molar-refractivity contribution is 0.111. The molecule has 4 nitrogen and oxygen atoms in total. The first-order valence-corrected chi connectivity index (χ1v) is 5.46. The fraction of sp³-hybridized carbons (Fsp3) is 0.231. The van der Waals surface area contributed by atoms with Gasteiger partial charge in [0.2, 0.25) is 0 Å². The van der Waals surface area contributed by atoms with Gasteiger partial charge in [0.15, 0.2) is 6.29 Å². The van der Waals surface area contributed by atoms with Crippen LogP contribution in [-0.2, 0) is 6.54 Å². The number of nitrogens with zero attached hydrogens (tertiary/aromatic N) is 2. The first-order chi connectivity index (χ1) is 8.28. The molecule has 0 aliphatic carbocycles. The van der Waals surface area contributed by atoms with Gasteiger partial charge >= 0.3 is 0 Å². The molecule has 88 valence electrons. The Hall–Kier alpha value is -2.10. The minimum Gasteiger partial charge on any atom is -0.492 e. The Morgan fingerprint density at radius 2 is 2.06 bits per heavy atom. The second kappa shape index (κ2) is 5.30. The van der Waals surface area contributed by atoms with Gasteiger partial charge in [0.05, 0.1) is 6.54 Å². The molecule has 0 spiro atoms. The number of hydrogen-bond donors (Lipinski definition) is 0. The Balaban J connectivity index is 1.83. The maximum atomic E-state index is 10.4. The molecule has 0 unspecified atom stereocenters. The van der Waals surface area contributed by atoms with Crippen molar-refractivity contribution in [1.29, 1.82) is 0 Å². The first kappa shape index (κ1) is 11.4. The lowest BCUT2D eigenvalue weighted by Crippen LogP contribution is -2.08. The third-order valence-electron chi connectivity index (χ3n) is 2.39. The summed E-state index contributed by atoms with van der Waals surface area (Å²) in [6.07, 6.45) is 2.50. The monoisotopic (exact) mass is 230 g/mol. The number of aryl methyl sites for hydroxylation is 1. The third-order valence-corrected chi connectivity index (χ3v) is 2.39. The van der Waals surface area contributed by atoms with Crippen molar-refractivity contribution in [2.24, 2.45) is 0 Å². The molecule has 1 aromatic heterocycles. The second-order valence-corrected chi connectivity index (χ2v) is 3.78. The molecule has 1 heterocycles. The summed E-state index contributed by atoms with van der Waals surface area (Å²) in [5.41, 5.74) is 1.65. The van der Waals surface area contributed by atoms with Crippen LogP contribution in [0.25, 0.3) is 0 Å². The number of hydrogen-bond acceptors (Lipinski definition) is 3. The van der Waals surface area contributed by atoms with Gasteiger partial charge in [-0.2, -0.15) is 5.10 Å². The number of aldehydes is 1. The third kappa shape index (κ3) is 3.17. The van der Waals surface area contributed by atoms with Crippen LogP contribution < -0.4 is 4.74 Å². The maximum Gasteiger partial charge on any atom is 0.170 e. The van der Waals surface area contributed by atoms with Crippen molar-refractivity contribution in [3.8, 4) is 5.75 Å². The highest BCUT2D eigenvalue weighted by Gasteiger charge is 1.97. The van der Waals surface area contributed by atoms with E-state index < -0.39 is 0 Å². The summed E-state index contributed by atoms with van der Waals surface area (Å²) in [5, 5.41) is 4.04. The van der Waals surface area contributed by atoms with E-state index in [4.69, 9.17) is 4.74 Å². The molecule has 0 atom stereocenters. The Labute approximate surface area is 99.8 Å². The van der Waals surface area contributed by atoms with Crippen LogP contribution in [0.15, 0.2) is 36.5 Å². The van der Waals surface area contributed by atoms with Gasteiger partial charge in [0.25, 0.3) is 0 Å². The van der Waals surface area contributed by atoms with Crippen molar-refractivity contribution >= 4 is 6.29 Å². The van der Waals surface area contributed by atoms with Crippen LogP contribution in [0.2, 0.25) is 0 Å². The molecule has 2 aromatic rings. The number of carbonyl (C=O) groups is 1. The number of carbonyl (C=O) groups excluding carboxylic acids is 1. The smallest absolute Gasteiger partial charge is 0.170 e. The molecule has 0 amide bonds. The molecule has 4 heteroatoms. The molecular formula is C13H14N2O2. The van der Waals surface area contributed by atoms with E-state index in [0.29, 0.717) is 18.8 Å². The van der Waals surface area contributed by atoms with Crippen LogP contribution in [0.3, 0.4) is 0 Å². The van der Waals surface area contributed by atoms with Gasteiger partial charge in [-0.3, -0.25) is 9.48 Å². The van der Waals surface area contributed by atoms with Gasteiger partial charge in [0.1, 0.15) is 18.1 Å². The Kier molecular flexibility index (Phi) is 3.55. The summed E-state index contributed by atoms with van der Waals surface area (Å²) in [4.78, 5) is 10.4. The molecular weight excluding hydrogens is 216 g/mol. The number of benzene rings is 1. The van der Waals surface area contributed by atoms with E-state index in [2.05, 4.69) is 5.10 Å². The van der Waals surface area contributed by atoms with Gasteiger partial charge in [-0.15, -0.1) is 0 Å². The van der Waals surface area contributed by atoms with Crippen molar-refractivity contribution in [2.75, 3.05) is 6.61 Å². The van der Waals surface area contributed by atoms with Gasteiger partial charge in [-0.05, 0) is 25.1 Å². The summed E-state index contributed by atoms with van der Waals surface area (Å²) >= 11 is 0. The van der Waals surface area contributed by atoms with Crippen LogP contribution in [-0.4, -0.2) is 22.7 Å². The van der Waals surface area contributed by atoms with Crippen LogP contribution in [0.4, 0.5) is 0 Å². The second-order valence-electron chi connectivity index (χ2n) is 3.78. The van der Waals surface area contributed by atoms with E-state index in [-0.39, 0.29) is 0 Å². The fourth-order valence-corrected chi connectivity index (χ4v) is 1.46. The van der Waals surface area contributed by atoms with E-state index in [1.807, 2.05) is 31.2 Å². The number of rotatable bonds is 5. The highest BCUT2D eigenvalue weighted by atomic mass is 16.5. The summed E-state index contributed by atoms with van der Waals surface area (Å²) in [7, 11) is 0. The van der Waals surface area contributed by atoms with E-state index in [1.54, 1.807) is 16.9 Å². The van der Waals surface area contributed by atoms with Crippen molar-refractivity contribution in [2.45, 2.75) is 13.5 Å². The zero-order valence-electron chi connectivity index (χ0n) is 9.67. The van der Waals surface area contributed by atoms with E-state index in [0.717, 1.165) is 12.0 Å². The average Bonchev–Trinajstić information content (AvgIpc) is 2.80. The minimum absolute atomic E-state index is 0.445. The highest BCUT2D eigenvalue weighted by molar-refractivity contribution is 5.71. The molecule has 0 aliphatic heterocycles. The zero-order chi connectivity index (χ0) is 12.1. The molecule has 0 N–H and O–H groups in total. The van der Waals surface area contributed by atoms with E-state index >= 15 is 0 Å². The Morgan fingerprint density at radius 3 is 2.71 bits per heavy atom. The van der Waals surface area contributed by atoms with Crippen LogP contribution in [0, 0.1) is 6.92 Å². The van der Waals surface area contributed by atoms with Crippen LogP contribution in [0.1, 0.15) is 16.1 Å². The lowest BCUT2D eigenvalue weighted by atomic mass is 10.2. The minimum atomic E-state index is 0.445. The molecule has 2 rings (SSSR count). The van der Waals surface area contributed by atoms with Crippen LogP contribution in [0.5, 0.6) is 5.75 Å². The molecule has 0 radical (unpaired) electrons. The van der Waals surface area contributed by atoms with Crippen LogP contribution >= 0.6 is 0 Å². The SMILES string of the molecule is Cc1ccc(OCCn2ccc(C=O)n2)cc1. The summed E-state index contributed by atoms with van der Waals surface area (Å²) in [6.45, 7) is 3.19. The standard InChI is InChI=1S/C13H14N2O2/c1-11-2-4-13(5-3-11)17-9-8-15-7-6-12(10-16)14-15/h2-7,10H,8-9H2,1H3. The summed E-state index contributed by atoms with van der Waals surface area (Å²) in [6, 6.07) is 9.57. The van der Waals surface area contributed by atoms with Crippen molar-refractivity contribution in [3.63, 3.8) is 0 Å². The fourth-order valence-electron chi connectivity index (χ4n) is 1.46. The highest BCUT2D eigenvalue weighted by Crippen LogP contribution is 2.11. The van der Waals surface area contributed by atoms with Crippen molar-refractivity contribution < 1.29 is 9.53 Å². The molecule has 17 heavy (non-hydrogen) atoms. The van der Waals surface area contributed by atoms with E-state index in [9.17, 15) is 4.79 Å². The number of aromatic nitrogens is 2. The Morgan fingerprint density at radius 1 is 1.29 bits per heavy atom. The quantitative estimate of drug-likeness (QED) is 0.739. The van der Waals surface area contributed by atoms with Gasteiger partial charge in [-0.1, -0.05) is 17.7 Å². The van der Waals surface area contributed by atoms with Gasteiger partial charge in [0, 0.05) is 6.20 Å². The topological polar surface area (TPSA) is 44.1 Å². The van der Waals surface area contributed by atoms with Gasteiger partial charge < -0.3 is 4.74 Å². The molecule has 0 fully saturated rings. The van der Waals surface area contributed by atoms with Crippen molar-refractivity contribution in [3.05, 3.63) is 47.8 Å². The summed E-state index contributed by atoms with van der Waals surface area (Å²) < 4.78 is 7.25. The van der Waals surface area contributed by atoms with Crippen molar-refractivity contribution in [1.82, 2.24) is 9.78 Å². The predicted molar refractivity (Wildman–Crippen MR) is 64.3 cm³/mol. The van der Waals surface area contributed by atoms with Gasteiger partial charge in [-0.25, -0.2) is 0 Å². The lowest BCUT2D eigenvalue weighted by Gasteiger charge is -2.06. The molecule has 0 bridgehead atoms. The molecule has 0 aliphatic rings. The molecule has 1 aromatic carbocycles. The average molecular weight is 230 g/mol. The summed E-state index contributed by atoms with van der Waals surface area (Å²) in [5.74, 6) is 0.846.